The molecule has 0 spiro atoms. The van der Waals surface area contributed by atoms with Gasteiger partial charge in [0.15, 0.2) is 11.5 Å². The van der Waals surface area contributed by atoms with E-state index in [-0.39, 0.29) is 30.4 Å². The second-order valence-corrected chi connectivity index (χ2v) is 5.91. The van der Waals surface area contributed by atoms with Gasteiger partial charge < -0.3 is 9.47 Å². The molecule has 1 amide bonds. The van der Waals surface area contributed by atoms with E-state index in [9.17, 15) is 14.9 Å². The molecule has 0 saturated heterocycles. The first-order valence-corrected chi connectivity index (χ1v) is 7.90. The number of benzene rings is 2. The summed E-state index contributed by atoms with van der Waals surface area (Å²) in [6, 6.07) is 8.52. The molecule has 1 aliphatic rings. The van der Waals surface area contributed by atoms with Crippen molar-refractivity contribution < 1.29 is 19.2 Å². The quantitative estimate of drug-likeness (QED) is 0.504. The van der Waals surface area contributed by atoms with Crippen molar-refractivity contribution in [1.29, 1.82) is 0 Å². The molecule has 3 rings (SSSR count). The van der Waals surface area contributed by atoms with Gasteiger partial charge in [-0.05, 0) is 36.6 Å². The summed E-state index contributed by atoms with van der Waals surface area (Å²) in [5, 5.41) is 15.0. The van der Waals surface area contributed by atoms with Crippen LogP contribution < -0.4 is 14.9 Å². The molecule has 0 atom stereocenters. The minimum atomic E-state index is -0.541. The van der Waals surface area contributed by atoms with Crippen molar-refractivity contribution in [2.75, 3.05) is 6.79 Å². The summed E-state index contributed by atoms with van der Waals surface area (Å²) in [7, 11) is 0. The van der Waals surface area contributed by atoms with Gasteiger partial charge in [0.1, 0.15) is 0 Å². The molecule has 0 unspecified atom stereocenters. The molecule has 0 bridgehead atoms. The van der Waals surface area contributed by atoms with Gasteiger partial charge in [0.25, 0.3) is 5.69 Å². The van der Waals surface area contributed by atoms with Crippen molar-refractivity contribution in [3.8, 4) is 11.5 Å². The number of nitrogens with one attached hydrogen (secondary N) is 1. The third kappa shape index (κ3) is 3.80. The largest absolute Gasteiger partial charge is 0.454 e. The average Bonchev–Trinajstić information content (AvgIpc) is 3.04. The van der Waals surface area contributed by atoms with Crippen molar-refractivity contribution in [2.24, 2.45) is 5.10 Å². The number of aryl methyl sites for hydroxylation is 2. The Morgan fingerprint density at radius 2 is 1.96 bits per heavy atom. The molecule has 0 saturated carbocycles. The Balaban J connectivity index is 1.69. The minimum Gasteiger partial charge on any atom is -0.454 e. The maximum absolute atomic E-state index is 12.0. The predicted octanol–water partition coefficient (Wildman–Crippen LogP) is 2.63. The van der Waals surface area contributed by atoms with E-state index < -0.39 is 4.92 Å². The van der Waals surface area contributed by atoms with Crippen LogP contribution in [0.1, 0.15) is 22.3 Å². The number of carbonyl (C=O) groups is 1. The number of carbonyl (C=O) groups excluding carboxylic acids is 1. The minimum absolute atomic E-state index is 0.0137. The Morgan fingerprint density at radius 3 is 2.65 bits per heavy atom. The first-order valence-electron chi connectivity index (χ1n) is 7.90. The van der Waals surface area contributed by atoms with Gasteiger partial charge in [-0.2, -0.15) is 5.10 Å². The van der Waals surface area contributed by atoms with Crippen LogP contribution in [-0.2, 0) is 11.2 Å². The average molecular weight is 355 g/mol. The molecule has 1 aliphatic heterocycles. The topological polar surface area (TPSA) is 103 Å². The lowest BCUT2D eigenvalue weighted by molar-refractivity contribution is -0.385. The fourth-order valence-corrected chi connectivity index (χ4v) is 2.52. The van der Waals surface area contributed by atoms with Crippen LogP contribution in [0.25, 0.3) is 0 Å². The molecule has 2 aromatic carbocycles. The van der Waals surface area contributed by atoms with Gasteiger partial charge in [0.05, 0.1) is 29.2 Å². The van der Waals surface area contributed by atoms with Crippen LogP contribution >= 0.6 is 0 Å². The molecular formula is C18H17N3O5. The van der Waals surface area contributed by atoms with E-state index in [1.807, 2.05) is 32.0 Å². The summed E-state index contributed by atoms with van der Waals surface area (Å²) < 4.78 is 10.3. The molecular weight excluding hydrogens is 338 g/mol. The molecule has 8 nitrogen and oxygen atoms in total. The number of hydrogen-bond donors (Lipinski definition) is 1. The number of ether oxygens (including phenoxy) is 2. The van der Waals surface area contributed by atoms with Gasteiger partial charge in [0, 0.05) is 0 Å². The SMILES string of the molecule is Cc1ccc(CC(=O)N/N=C\c2cc3c(cc2[N+](=O)[O-])OCO3)cc1C. The molecule has 1 N–H and O–H groups in total. The third-order valence-corrected chi connectivity index (χ3v) is 4.05. The summed E-state index contributed by atoms with van der Waals surface area (Å²) in [4.78, 5) is 22.6. The number of nitrogens with zero attached hydrogens (tertiary/aromatic N) is 2. The fraction of sp³-hybridized carbons (Fsp3) is 0.222. The normalized spacial score (nSPS) is 12.4. The maximum atomic E-state index is 12.0. The van der Waals surface area contributed by atoms with Gasteiger partial charge in [-0.15, -0.1) is 0 Å². The van der Waals surface area contributed by atoms with Crippen LogP contribution in [0.5, 0.6) is 11.5 Å². The van der Waals surface area contributed by atoms with Crippen LogP contribution in [0.3, 0.4) is 0 Å². The maximum Gasteiger partial charge on any atom is 0.282 e. The number of hydrazone groups is 1. The monoisotopic (exact) mass is 355 g/mol. The molecule has 8 heteroatoms. The number of nitro groups is 1. The summed E-state index contributed by atoms with van der Waals surface area (Å²) in [6.07, 6.45) is 1.39. The highest BCUT2D eigenvalue weighted by atomic mass is 16.7. The smallest absolute Gasteiger partial charge is 0.282 e. The number of fused-ring (bicyclic) bond motifs is 1. The van der Waals surface area contributed by atoms with Gasteiger partial charge >= 0.3 is 0 Å². The molecule has 0 fully saturated rings. The molecule has 0 radical (unpaired) electrons. The number of hydrogen-bond acceptors (Lipinski definition) is 6. The summed E-state index contributed by atoms with van der Waals surface area (Å²) in [5.41, 5.74) is 5.55. The Labute approximate surface area is 149 Å². The summed E-state index contributed by atoms with van der Waals surface area (Å²) in [6.45, 7) is 4.00. The van der Waals surface area contributed by atoms with E-state index in [1.54, 1.807) is 0 Å². The van der Waals surface area contributed by atoms with Gasteiger partial charge in [-0.3, -0.25) is 14.9 Å². The van der Waals surface area contributed by atoms with Crippen molar-refractivity contribution >= 4 is 17.8 Å². The lowest BCUT2D eigenvalue weighted by atomic mass is 10.0. The Hall–Kier alpha value is -3.42. The lowest BCUT2D eigenvalue weighted by Gasteiger charge is -2.04. The van der Waals surface area contributed by atoms with Crippen LogP contribution in [0.15, 0.2) is 35.4 Å². The van der Waals surface area contributed by atoms with Crippen LogP contribution in [-0.4, -0.2) is 23.8 Å². The molecule has 26 heavy (non-hydrogen) atoms. The highest BCUT2D eigenvalue weighted by molar-refractivity contribution is 5.88. The highest BCUT2D eigenvalue weighted by Crippen LogP contribution is 2.37. The van der Waals surface area contributed by atoms with E-state index >= 15 is 0 Å². The third-order valence-electron chi connectivity index (χ3n) is 4.05. The van der Waals surface area contributed by atoms with Crippen molar-refractivity contribution in [3.63, 3.8) is 0 Å². The lowest BCUT2D eigenvalue weighted by Crippen LogP contribution is -2.19. The first-order chi connectivity index (χ1) is 12.4. The van der Waals surface area contributed by atoms with Crippen molar-refractivity contribution in [1.82, 2.24) is 5.43 Å². The van der Waals surface area contributed by atoms with Crippen molar-refractivity contribution in [3.05, 3.63) is 62.7 Å². The van der Waals surface area contributed by atoms with E-state index in [2.05, 4.69) is 10.5 Å². The zero-order valence-corrected chi connectivity index (χ0v) is 14.3. The highest BCUT2D eigenvalue weighted by Gasteiger charge is 2.22. The fourth-order valence-electron chi connectivity index (χ4n) is 2.52. The van der Waals surface area contributed by atoms with Gasteiger partial charge in [-0.1, -0.05) is 18.2 Å². The number of rotatable bonds is 5. The molecule has 2 aromatic rings. The van der Waals surface area contributed by atoms with E-state index in [0.717, 1.165) is 16.7 Å². The van der Waals surface area contributed by atoms with Crippen LogP contribution in [0, 0.1) is 24.0 Å². The summed E-state index contributed by atoms with van der Waals surface area (Å²) >= 11 is 0. The van der Waals surface area contributed by atoms with E-state index in [4.69, 9.17) is 9.47 Å². The second kappa shape index (κ2) is 7.22. The standard InChI is InChI=1S/C18H17N3O5/c1-11-3-4-13(5-12(11)2)6-18(22)20-19-9-14-7-16-17(26-10-25-16)8-15(14)21(23)24/h3-5,7-9H,6,10H2,1-2H3,(H,20,22)/b19-9-. The zero-order valence-electron chi connectivity index (χ0n) is 14.3. The van der Waals surface area contributed by atoms with Gasteiger partial charge in [0.2, 0.25) is 12.7 Å². The molecule has 0 aliphatic carbocycles. The Morgan fingerprint density at radius 1 is 1.23 bits per heavy atom. The zero-order chi connectivity index (χ0) is 18.7. The second-order valence-electron chi connectivity index (χ2n) is 5.91. The van der Waals surface area contributed by atoms with Crippen molar-refractivity contribution in [2.45, 2.75) is 20.3 Å². The molecule has 134 valence electrons. The van der Waals surface area contributed by atoms with E-state index in [0.29, 0.717) is 11.5 Å². The Bertz CT molecular complexity index is 908. The first kappa shape index (κ1) is 17.4. The summed E-state index contributed by atoms with van der Waals surface area (Å²) in [5.74, 6) is 0.402. The van der Waals surface area contributed by atoms with Gasteiger partial charge in [-0.25, -0.2) is 5.43 Å². The van der Waals surface area contributed by atoms with Crippen LogP contribution in [0.2, 0.25) is 0 Å². The van der Waals surface area contributed by atoms with Crippen LogP contribution in [0.4, 0.5) is 5.69 Å². The number of nitro benzene ring substituents is 1. The predicted molar refractivity (Wildman–Crippen MR) is 94.6 cm³/mol. The van der Waals surface area contributed by atoms with E-state index in [1.165, 1.54) is 18.3 Å². The Kier molecular flexibility index (Phi) is 4.83. The number of amides is 1. The molecule has 0 aromatic heterocycles. The molecule has 1 heterocycles.